The van der Waals surface area contributed by atoms with Gasteiger partial charge in [0.25, 0.3) is 0 Å². The predicted molar refractivity (Wildman–Crippen MR) is 82.8 cm³/mol. The average Bonchev–Trinajstić information content (AvgIpc) is 3.33. The highest BCUT2D eigenvalue weighted by atomic mass is 16.3. The Morgan fingerprint density at radius 2 is 1.80 bits per heavy atom. The molecule has 2 N–H and O–H groups in total. The van der Waals surface area contributed by atoms with E-state index in [1.165, 1.54) is 64.5 Å². The first-order chi connectivity index (χ1) is 9.75. The molecule has 1 unspecified atom stereocenters. The second-order valence-electron chi connectivity index (χ2n) is 7.52. The van der Waals surface area contributed by atoms with E-state index >= 15 is 0 Å². The first-order valence-corrected chi connectivity index (χ1v) is 8.86. The van der Waals surface area contributed by atoms with Crippen LogP contribution in [0, 0.1) is 11.8 Å². The number of nitrogens with zero attached hydrogens (tertiary/aromatic N) is 1. The van der Waals surface area contributed by atoms with Crippen LogP contribution in [0.4, 0.5) is 0 Å². The van der Waals surface area contributed by atoms with Crippen molar-refractivity contribution in [3.05, 3.63) is 0 Å². The standard InChI is InChI=1S/C17H32N2O/c1-2-3-14-8-10-19(11-9-14)12-17(13-20,15-4-5-15)18-16-6-7-16/h14-16,18,20H,2-13H2,1H3. The smallest absolute Gasteiger partial charge is 0.0628 e. The largest absolute Gasteiger partial charge is 0.394 e. The van der Waals surface area contributed by atoms with Gasteiger partial charge in [-0.2, -0.15) is 0 Å². The maximum Gasteiger partial charge on any atom is 0.0628 e. The third-order valence-corrected chi connectivity index (χ3v) is 5.62. The van der Waals surface area contributed by atoms with E-state index in [2.05, 4.69) is 17.1 Å². The number of likely N-dealkylation sites (tertiary alicyclic amines) is 1. The van der Waals surface area contributed by atoms with Crippen LogP contribution in [0.25, 0.3) is 0 Å². The van der Waals surface area contributed by atoms with Crippen molar-refractivity contribution in [1.29, 1.82) is 0 Å². The zero-order valence-corrected chi connectivity index (χ0v) is 13.1. The van der Waals surface area contributed by atoms with Crippen molar-refractivity contribution in [1.82, 2.24) is 10.2 Å². The summed E-state index contributed by atoms with van der Waals surface area (Å²) in [5.74, 6) is 1.68. The lowest BCUT2D eigenvalue weighted by Gasteiger charge is -2.41. The molecule has 1 heterocycles. The van der Waals surface area contributed by atoms with Gasteiger partial charge in [0.15, 0.2) is 0 Å². The van der Waals surface area contributed by atoms with Crippen molar-refractivity contribution in [2.45, 2.75) is 69.9 Å². The summed E-state index contributed by atoms with van der Waals surface area (Å²) >= 11 is 0. The molecule has 116 valence electrons. The number of hydrogen-bond acceptors (Lipinski definition) is 3. The van der Waals surface area contributed by atoms with E-state index in [9.17, 15) is 5.11 Å². The number of piperidine rings is 1. The van der Waals surface area contributed by atoms with E-state index in [1.54, 1.807) is 0 Å². The van der Waals surface area contributed by atoms with Gasteiger partial charge in [0.05, 0.1) is 12.1 Å². The number of rotatable bonds is 8. The van der Waals surface area contributed by atoms with Crippen molar-refractivity contribution in [2.24, 2.45) is 11.8 Å². The van der Waals surface area contributed by atoms with E-state index in [0.717, 1.165) is 18.4 Å². The number of aliphatic hydroxyl groups excluding tert-OH is 1. The van der Waals surface area contributed by atoms with Crippen molar-refractivity contribution >= 4 is 0 Å². The molecular formula is C17H32N2O. The minimum absolute atomic E-state index is 0.0127. The van der Waals surface area contributed by atoms with Crippen LogP contribution in [0.15, 0.2) is 0 Å². The van der Waals surface area contributed by atoms with Crippen molar-refractivity contribution in [3.8, 4) is 0 Å². The molecule has 0 aromatic heterocycles. The molecule has 3 heteroatoms. The van der Waals surface area contributed by atoms with Gasteiger partial charge in [-0.3, -0.25) is 0 Å². The molecule has 3 rings (SSSR count). The lowest BCUT2D eigenvalue weighted by atomic mass is 9.89. The molecule has 0 bridgehead atoms. The van der Waals surface area contributed by atoms with Gasteiger partial charge in [0.2, 0.25) is 0 Å². The fourth-order valence-electron chi connectivity index (χ4n) is 4.03. The molecule has 0 aromatic rings. The fourth-order valence-corrected chi connectivity index (χ4v) is 4.03. The Hall–Kier alpha value is -0.120. The summed E-state index contributed by atoms with van der Waals surface area (Å²) in [5.41, 5.74) is 0.0127. The zero-order chi connectivity index (χ0) is 14.0. The van der Waals surface area contributed by atoms with Crippen LogP contribution in [0.2, 0.25) is 0 Å². The lowest BCUT2D eigenvalue weighted by molar-refractivity contribution is 0.0701. The Bertz CT molecular complexity index is 306. The molecule has 20 heavy (non-hydrogen) atoms. The van der Waals surface area contributed by atoms with Gasteiger partial charge in [-0.05, 0) is 63.5 Å². The summed E-state index contributed by atoms with van der Waals surface area (Å²) in [6.45, 7) is 6.18. The molecule has 3 fully saturated rings. The van der Waals surface area contributed by atoms with Crippen LogP contribution in [-0.2, 0) is 0 Å². The summed E-state index contributed by atoms with van der Waals surface area (Å²) in [6, 6.07) is 0.695. The highest BCUT2D eigenvalue weighted by molar-refractivity contribution is 5.06. The monoisotopic (exact) mass is 280 g/mol. The van der Waals surface area contributed by atoms with Gasteiger partial charge in [0, 0.05) is 12.6 Å². The van der Waals surface area contributed by atoms with Crippen LogP contribution >= 0.6 is 0 Å². The Morgan fingerprint density at radius 3 is 2.30 bits per heavy atom. The lowest BCUT2D eigenvalue weighted by Crippen LogP contribution is -2.59. The summed E-state index contributed by atoms with van der Waals surface area (Å²) in [4.78, 5) is 2.62. The van der Waals surface area contributed by atoms with Gasteiger partial charge in [-0.15, -0.1) is 0 Å². The van der Waals surface area contributed by atoms with E-state index in [0.29, 0.717) is 12.6 Å². The van der Waals surface area contributed by atoms with Gasteiger partial charge < -0.3 is 15.3 Å². The van der Waals surface area contributed by atoms with Crippen LogP contribution in [0.5, 0.6) is 0 Å². The normalized spacial score (nSPS) is 28.5. The van der Waals surface area contributed by atoms with Gasteiger partial charge in [0.1, 0.15) is 0 Å². The van der Waals surface area contributed by atoms with Crippen molar-refractivity contribution in [2.75, 3.05) is 26.2 Å². The molecule has 3 nitrogen and oxygen atoms in total. The van der Waals surface area contributed by atoms with Crippen LogP contribution < -0.4 is 5.32 Å². The number of aliphatic hydroxyl groups is 1. The minimum atomic E-state index is 0.0127. The third kappa shape index (κ3) is 3.55. The van der Waals surface area contributed by atoms with Crippen molar-refractivity contribution < 1.29 is 5.11 Å². The molecule has 0 amide bonds. The highest BCUT2D eigenvalue weighted by Gasteiger charge is 2.48. The maximum atomic E-state index is 10.0. The second-order valence-corrected chi connectivity index (χ2v) is 7.52. The van der Waals surface area contributed by atoms with E-state index < -0.39 is 0 Å². The Kier molecular flexibility index (Phi) is 4.68. The van der Waals surface area contributed by atoms with E-state index in [1.807, 2.05) is 0 Å². The Balaban J connectivity index is 1.53. The highest BCUT2D eigenvalue weighted by Crippen LogP contribution is 2.42. The molecular weight excluding hydrogens is 248 g/mol. The van der Waals surface area contributed by atoms with E-state index in [4.69, 9.17) is 0 Å². The predicted octanol–water partition coefficient (Wildman–Crippen LogP) is 2.39. The third-order valence-electron chi connectivity index (χ3n) is 5.62. The summed E-state index contributed by atoms with van der Waals surface area (Å²) < 4.78 is 0. The maximum absolute atomic E-state index is 10.0. The number of hydrogen-bond donors (Lipinski definition) is 2. The summed E-state index contributed by atoms with van der Waals surface area (Å²) in [5, 5.41) is 13.8. The topological polar surface area (TPSA) is 35.5 Å². The SMILES string of the molecule is CCCC1CCN(CC(CO)(NC2CC2)C2CC2)CC1. The van der Waals surface area contributed by atoms with Crippen LogP contribution in [-0.4, -0.2) is 47.8 Å². The van der Waals surface area contributed by atoms with E-state index in [-0.39, 0.29) is 5.54 Å². The number of nitrogens with one attached hydrogen (secondary N) is 1. The molecule has 0 aromatic carbocycles. The van der Waals surface area contributed by atoms with Crippen LogP contribution in [0.3, 0.4) is 0 Å². The molecule has 0 spiro atoms. The molecule has 2 aliphatic carbocycles. The molecule has 1 saturated heterocycles. The van der Waals surface area contributed by atoms with Gasteiger partial charge in [-0.25, -0.2) is 0 Å². The average molecular weight is 280 g/mol. The summed E-state index contributed by atoms with van der Waals surface area (Å²) in [6.07, 6.45) is 10.7. The first kappa shape index (κ1) is 14.8. The van der Waals surface area contributed by atoms with Gasteiger partial charge >= 0.3 is 0 Å². The molecule has 1 aliphatic heterocycles. The quantitative estimate of drug-likeness (QED) is 0.716. The van der Waals surface area contributed by atoms with Crippen LogP contribution in [0.1, 0.15) is 58.3 Å². The van der Waals surface area contributed by atoms with Crippen molar-refractivity contribution in [3.63, 3.8) is 0 Å². The second kappa shape index (κ2) is 6.33. The first-order valence-electron chi connectivity index (χ1n) is 8.86. The molecule has 2 saturated carbocycles. The zero-order valence-electron chi connectivity index (χ0n) is 13.1. The molecule has 0 radical (unpaired) electrons. The molecule has 3 aliphatic rings. The minimum Gasteiger partial charge on any atom is -0.394 e. The Morgan fingerprint density at radius 1 is 1.10 bits per heavy atom. The fraction of sp³-hybridized carbons (Fsp3) is 1.00. The molecule has 1 atom stereocenters. The summed E-state index contributed by atoms with van der Waals surface area (Å²) in [7, 11) is 0. The Labute approximate surface area is 124 Å². The van der Waals surface area contributed by atoms with Gasteiger partial charge in [-0.1, -0.05) is 19.8 Å².